The van der Waals surface area contributed by atoms with Crippen molar-refractivity contribution in [1.82, 2.24) is 0 Å². The second-order valence-corrected chi connectivity index (χ2v) is 4.90. The van der Waals surface area contributed by atoms with E-state index >= 15 is 0 Å². The standard InChI is InChI=1S/C15H9BrO2/c16-11-6-7-14-13(8-11)12(9-15(17)18-14)10-4-2-1-3-5-10/h1-9H. The molecule has 0 amide bonds. The zero-order valence-electron chi connectivity index (χ0n) is 9.39. The average Bonchev–Trinajstić information content (AvgIpc) is 2.39. The van der Waals surface area contributed by atoms with Crippen molar-refractivity contribution < 1.29 is 4.42 Å². The first-order chi connectivity index (χ1) is 8.74. The van der Waals surface area contributed by atoms with Gasteiger partial charge in [-0.2, -0.15) is 0 Å². The van der Waals surface area contributed by atoms with Gasteiger partial charge in [0.1, 0.15) is 5.58 Å². The summed E-state index contributed by atoms with van der Waals surface area (Å²) in [7, 11) is 0. The van der Waals surface area contributed by atoms with Crippen molar-refractivity contribution in [1.29, 1.82) is 0 Å². The molecule has 0 aliphatic carbocycles. The Morgan fingerprint density at radius 1 is 0.944 bits per heavy atom. The molecule has 1 heterocycles. The van der Waals surface area contributed by atoms with Crippen molar-refractivity contribution in [2.45, 2.75) is 0 Å². The van der Waals surface area contributed by atoms with Gasteiger partial charge in [-0.3, -0.25) is 0 Å². The van der Waals surface area contributed by atoms with Crippen LogP contribution in [-0.4, -0.2) is 0 Å². The van der Waals surface area contributed by atoms with Crippen molar-refractivity contribution in [3.63, 3.8) is 0 Å². The predicted molar refractivity (Wildman–Crippen MR) is 75.6 cm³/mol. The highest BCUT2D eigenvalue weighted by molar-refractivity contribution is 9.10. The van der Waals surface area contributed by atoms with Crippen LogP contribution in [0.3, 0.4) is 0 Å². The lowest BCUT2D eigenvalue weighted by Gasteiger charge is -2.05. The van der Waals surface area contributed by atoms with Gasteiger partial charge >= 0.3 is 5.63 Å². The molecular weight excluding hydrogens is 292 g/mol. The first-order valence-corrected chi connectivity index (χ1v) is 6.32. The third-order valence-electron chi connectivity index (χ3n) is 2.79. The van der Waals surface area contributed by atoms with Crippen LogP contribution in [0.2, 0.25) is 0 Å². The van der Waals surface area contributed by atoms with Gasteiger partial charge < -0.3 is 4.42 Å². The lowest BCUT2D eigenvalue weighted by Crippen LogP contribution is -1.97. The zero-order valence-corrected chi connectivity index (χ0v) is 11.0. The molecule has 2 aromatic carbocycles. The van der Waals surface area contributed by atoms with E-state index in [4.69, 9.17) is 4.42 Å². The Hall–Kier alpha value is -1.87. The molecule has 2 nitrogen and oxygen atoms in total. The number of benzene rings is 2. The normalized spacial score (nSPS) is 10.7. The zero-order chi connectivity index (χ0) is 12.5. The smallest absolute Gasteiger partial charge is 0.336 e. The van der Waals surface area contributed by atoms with Crippen LogP contribution in [0.15, 0.2) is 68.3 Å². The quantitative estimate of drug-likeness (QED) is 0.630. The van der Waals surface area contributed by atoms with E-state index in [0.717, 1.165) is 21.0 Å². The average molecular weight is 301 g/mol. The second kappa shape index (κ2) is 4.42. The summed E-state index contributed by atoms with van der Waals surface area (Å²) in [5, 5.41) is 0.926. The highest BCUT2D eigenvalue weighted by Gasteiger charge is 2.07. The Morgan fingerprint density at radius 3 is 2.50 bits per heavy atom. The lowest BCUT2D eigenvalue weighted by molar-refractivity contribution is 0.561. The fraction of sp³-hybridized carbons (Fsp3) is 0. The summed E-state index contributed by atoms with van der Waals surface area (Å²) in [5.74, 6) is 0. The molecule has 0 saturated carbocycles. The number of rotatable bonds is 1. The summed E-state index contributed by atoms with van der Waals surface area (Å²) >= 11 is 3.44. The largest absolute Gasteiger partial charge is 0.423 e. The van der Waals surface area contributed by atoms with Crippen LogP contribution in [0.5, 0.6) is 0 Å². The van der Waals surface area contributed by atoms with Crippen LogP contribution in [0.4, 0.5) is 0 Å². The summed E-state index contributed by atoms with van der Waals surface area (Å²) in [6.45, 7) is 0. The van der Waals surface area contributed by atoms with E-state index in [1.165, 1.54) is 6.07 Å². The molecule has 1 aromatic heterocycles. The van der Waals surface area contributed by atoms with Gasteiger partial charge in [-0.05, 0) is 29.3 Å². The fourth-order valence-corrected chi connectivity index (χ4v) is 2.35. The Kier molecular flexibility index (Phi) is 2.76. The number of hydrogen-bond acceptors (Lipinski definition) is 2. The second-order valence-electron chi connectivity index (χ2n) is 3.99. The summed E-state index contributed by atoms with van der Waals surface area (Å²) in [6.07, 6.45) is 0. The fourth-order valence-electron chi connectivity index (χ4n) is 1.99. The summed E-state index contributed by atoms with van der Waals surface area (Å²) in [6, 6.07) is 17.0. The van der Waals surface area contributed by atoms with E-state index in [1.807, 2.05) is 42.5 Å². The van der Waals surface area contributed by atoms with Crippen molar-refractivity contribution in [3.05, 3.63) is 69.5 Å². The Bertz CT molecular complexity index is 760. The molecule has 3 heteroatoms. The number of fused-ring (bicyclic) bond motifs is 1. The molecule has 0 N–H and O–H groups in total. The summed E-state index contributed by atoms with van der Waals surface area (Å²) in [4.78, 5) is 11.6. The van der Waals surface area contributed by atoms with Crippen LogP contribution in [0, 0.1) is 0 Å². The van der Waals surface area contributed by atoms with Gasteiger partial charge in [0.15, 0.2) is 0 Å². The first kappa shape index (κ1) is 11.2. The molecule has 0 atom stereocenters. The molecule has 0 fully saturated rings. The maximum absolute atomic E-state index is 11.6. The molecule has 0 aliphatic heterocycles. The monoisotopic (exact) mass is 300 g/mol. The molecule has 18 heavy (non-hydrogen) atoms. The van der Waals surface area contributed by atoms with Gasteiger partial charge in [-0.15, -0.1) is 0 Å². The Morgan fingerprint density at radius 2 is 1.72 bits per heavy atom. The minimum atomic E-state index is -0.330. The maximum atomic E-state index is 11.6. The van der Waals surface area contributed by atoms with Crippen molar-refractivity contribution in [2.75, 3.05) is 0 Å². The number of hydrogen-bond donors (Lipinski definition) is 0. The van der Waals surface area contributed by atoms with E-state index in [2.05, 4.69) is 15.9 Å². The summed E-state index contributed by atoms with van der Waals surface area (Å²) in [5.41, 5.74) is 2.17. The van der Waals surface area contributed by atoms with Crippen LogP contribution in [0.1, 0.15) is 0 Å². The van der Waals surface area contributed by atoms with E-state index < -0.39 is 0 Å². The van der Waals surface area contributed by atoms with Gasteiger partial charge in [-0.25, -0.2) is 4.79 Å². The first-order valence-electron chi connectivity index (χ1n) is 5.53. The van der Waals surface area contributed by atoms with Gasteiger partial charge in [0, 0.05) is 15.9 Å². The minimum absolute atomic E-state index is 0.330. The molecule has 0 unspecified atom stereocenters. The van der Waals surface area contributed by atoms with Crippen LogP contribution >= 0.6 is 15.9 Å². The SMILES string of the molecule is O=c1cc(-c2ccccc2)c2cc(Br)ccc2o1. The molecule has 0 radical (unpaired) electrons. The lowest BCUT2D eigenvalue weighted by atomic mass is 10.0. The van der Waals surface area contributed by atoms with Gasteiger partial charge in [-0.1, -0.05) is 46.3 Å². The molecule has 3 aromatic rings. The molecule has 0 aliphatic rings. The van der Waals surface area contributed by atoms with Crippen molar-refractivity contribution in [2.24, 2.45) is 0 Å². The van der Waals surface area contributed by atoms with E-state index in [1.54, 1.807) is 6.07 Å². The minimum Gasteiger partial charge on any atom is -0.423 e. The van der Waals surface area contributed by atoms with Crippen LogP contribution in [-0.2, 0) is 0 Å². The van der Waals surface area contributed by atoms with Crippen LogP contribution in [0.25, 0.3) is 22.1 Å². The Balaban J connectivity index is 2.41. The highest BCUT2D eigenvalue weighted by atomic mass is 79.9. The molecular formula is C15H9BrO2. The molecule has 88 valence electrons. The molecule has 0 bridgehead atoms. The van der Waals surface area contributed by atoms with Gasteiger partial charge in [0.2, 0.25) is 0 Å². The van der Waals surface area contributed by atoms with Crippen molar-refractivity contribution >= 4 is 26.9 Å². The van der Waals surface area contributed by atoms with Gasteiger partial charge in [0.25, 0.3) is 0 Å². The van der Waals surface area contributed by atoms with Crippen molar-refractivity contribution in [3.8, 4) is 11.1 Å². The van der Waals surface area contributed by atoms with E-state index in [9.17, 15) is 4.79 Å². The van der Waals surface area contributed by atoms with Crippen LogP contribution < -0.4 is 5.63 Å². The topological polar surface area (TPSA) is 30.2 Å². The molecule has 0 spiro atoms. The number of halogens is 1. The Labute approximate surface area is 112 Å². The predicted octanol–water partition coefficient (Wildman–Crippen LogP) is 4.22. The third kappa shape index (κ3) is 1.97. The summed E-state index contributed by atoms with van der Waals surface area (Å²) < 4.78 is 6.16. The van der Waals surface area contributed by atoms with E-state index in [-0.39, 0.29) is 5.63 Å². The highest BCUT2D eigenvalue weighted by Crippen LogP contribution is 2.29. The molecule has 3 rings (SSSR count). The van der Waals surface area contributed by atoms with Gasteiger partial charge in [0.05, 0.1) is 0 Å². The third-order valence-corrected chi connectivity index (χ3v) is 3.28. The molecule has 0 saturated heterocycles. The van der Waals surface area contributed by atoms with E-state index in [0.29, 0.717) is 5.58 Å². The maximum Gasteiger partial charge on any atom is 0.336 e.